The lowest BCUT2D eigenvalue weighted by molar-refractivity contribution is 0.300. The Hall–Kier alpha value is -0.640. The van der Waals surface area contributed by atoms with Gasteiger partial charge in [-0.05, 0) is 33.4 Å². The first-order valence-corrected chi connectivity index (χ1v) is 8.31. The largest absolute Gasteiger partial charge is 0.305 e. The summed E-state index contributed by atoms with van der Waals surface area (Å²) < 4.78 is 22.1. The molecule has 0 aromatic heterocycles. The molecule has 6 heteroatoms. The van der Waals surface area contributed by atoms with Crippen LogP contribution in [0.2, 0.25) is 0 Å². The fraction of sp³-hybridized carbons (Fsp3) is 0.917. The minimum Gasteiger partial charge on any atom is -0.305 e. The number of sulfone groups is 1. The van der Waals surface area contributed by atoms with Gasteiger partial charge in [-0.1, -0.05) is 6.92 Å². The number of nitriles is 1. The highest BCUT2D eigenvalue weighted by atomic mass is 32.2. The Morgan fingerprint density at radius 1 is 1.39 bits per heavy atom. The van der Waals surface area contributed by atoms with E-state index in [4.69, 9.17) is 5.26 Å². The summed E-state index contributed by atoms with van der Waals surface area (Å²) >= 11 is 0. The molecule has 5 nitrogen and oxygen atoms in total. The SMILES string of the molecule is CCCNC(C)(C#N)CCN(C)CCS(C)(=O)=O. The summed E-state index contributed by atoms with van der Waals surface area (Å²) in [4.78, 5) is 1.95. The van der Waals surface area contributed by atoms with Crippen molar-refractivity contribution in [3.05, 3.63) is 0 Å². The summed E-state index contributed by atoms with van der Waals surface area (Å²) in [6.07, 6.45) is 2.91. The maximum absolute atomic E-state index is 11.0. The molecule has 1 atom stereocenters. The van der Waals surface area contributed by atoms with Crippen molar-refractivity contribution >= 4 is 9.84 Å². The van der Waals surface area contributed by atoms with Crippen LogP contribution < -0.4 is 5.32 Å². The zero-order chi connectivity index (χ0) is 14.2. The van der Waals surface area contributed by atoms with Crippen LogP contribution >= 0.6 is 0 Å². The van der Waals surface area contributed by atoms with Crippen LogP contribution in [-0.2, 0) is 9.84 Å². The van der Waals surface area contributed by atoms with Gasteiger partial charge in [-0.15, -0.1) is 0 Å². The molecule has 0 fully saturated rings. The van der Waals surface area contributed by atoms with Crippen LogP contribution in [0, 0.1) is 11.3 Å². The molecular weight excluding hydrogens is 250 g/mol. The molecule has 0 heterocycles. The third kappa shape index (κ3) is 8.45. The fourth-order valence-electron chi connectivity index (χ4n) is 1.43. The Bertz CT molecular complexity index is 375. The molecule has 106 valence electrons. The number of nitrogens with zero attached hydrogens (tertiary/aromatic N) is 2. The van der Waals surface area contributed by atoms with Gasteiger partial charge in [-0.25, -0.2) is 8.42 Å². The van der Waals surface area contributed by atoms with E-state index >= 15 is 0 Å². The fourth-order valence-corrected chi connectivity index (χ4v) is 2.08. The van der Waals surface area contributed by atoms with E-state index < -0.39 is 15.4 Å². The minimum absolute atomic E-state index is 0.162. The van der Waals surface area contributed by atoms with Crippen LogP contribution in [0.1, 0.15) is 26.7 Å². The smallest absolute Gasteiger partial charge is 0.148 e. The van der Waals surface area contributed by atoms with Crippen molar-refractivity contribution in [3.63, 3.8) is 0 Å². The van der Waals surface area contributed by atoms with E-state index in [1.165, 1.54) is 6.26 Å². The maximum atomic E-state index is 11.0. The first-order valence-electron chi connectivity index (χ1n) is 6.25. The average Bonchev–Trinajstić information content (AvgIpc) is 2.30. The average molecular weight is 275 g/mol. The third-order valence-corrected chi connectivity index (χ3v) is 3.77. The Labute approximate surface area is 111 Å². The van der Waals surface area contributed by atoms with Crippen molar-refractivity contribution in [2.45, 2.75) is 32.2 Å². The molecule has 0 aliphatic carbocycles. The molecule has 0 saturated carbocycles. The van der Waals surface area contributed by atoms with Gasteiger partial charge in [0.1, 0.15) is 15.4 Å². The highest BCUT2D eigenvalue weighted by molar-refractivity contribution is 7.90. The van der Waals surface area contributed by atoms with Crippen molar-refractivity contribution in [2.24, 2.45) is 0 Å². The molecule has 0 aliphatic rings. The molecule has 0 spiro atoms. The van der Waals surface area contributed by atoms with Crippen molar-refractivity contribution in [2.75, 3.05) is 38.7 Å². The second-order valence-electron chi connectivity index (χ2n) is 5.05. The quantitative estimate of drug-likeness (QED) is 0.668. The lowest BCUT2D eigenvalue weighted by atomic mass is 9.99. The molecule has 0 bridgehead atoms. The monoisotopic (exact) mass is 275 g/mol. The van der Waals surface area contributed by atoms with Crippen LogP contribution in [0.15, 0.2) is 0 Å². The van der Waals surface area contributed by atoms with Gasteiger partial charge in [0.15, 0.2) is 0 Å². The summed E-state index contributed by atoms with van der Waals surface area (Å²) in [5, 5.41) is 12.4. The lowest BCUT2D eigenvalue weighted by Crippen LogP contribution is -2.44. The first-order chi connectivity index (χ1) is 8.22. The lowest BCUT2D eigenvalue weighted by Gasteiger charge is -2.26. The topological polar surface area (TPSA) is 73.2 Å². The van der Waals surface area contributed by atoms with Crippen molar-refractivity contribution in [1.82, 2.24) is 10.2 Å². The van der Waals surface area contributed by atoms with E-state index in [0.717, 1.165) is 13.0 Å². The minimum atomic E-state index is -2.92. The molecule has 1 N–H and O–H groups in total. The van der Waals surface area contributed by atoms with Crippen LogP contribution in [-0.4, -0.2) is 57.5 Å². The normalized spacial score (nSPS) is 15.3. The molecule has 0 rings (SSSR count). The van der Waals surface area contributed by atoms with Gasteiger partial charge < -0.3 is 4.90 Å². The number of hydrogen-bond acceptors (Lipinski definition) is 5. The van der Waals surface area contributed by atoms with E-state index in [1.807, 2.05) is 18.9 Å². The number of nitrogens with one attached hydrogen (secondary N) is 1. The number of hydrogen-bond donors (Lipinski definition) is 1. The second-order valence-corrected chi connectivity index (χ2v) is 7.31. The highest BCUT2D eigenvalue weighted by Crippen LogP contribution is 2.09. The molecule has 0 aliphatic heterocycles. The van der Waals surface area contributed by atoms with Gasteiger partial charge in [0, 0.05) is 19.3 Å². The summed E-state index contributed by atoms with van der Waals surface area (Å²) in [6, 6.07) is 2.28. The summed E-state index contributed by atoms with van der Waals surface area (Å²) in [7, 11) is -1.04. The summed E-state index contributed by atoms with van der Waals surface area (Å²) in [5.41, 5.74) is -0.532. The molecule has 1 unspecified atom stereocenters. The van der Waals surface area contributed by atoms with Crippen LogP contribution in [0.4, 0.5) is 0 Å². The zero-order valence-electron chi connectivity index (χ0n) is 11.9. The van der Waals surface area contributed by atoms with Crippen LogP contribution in [0.3, 0.4) is 0 Å². The van der Waals surface area contributed by atoms with Gasteiger partial charge in [0.2, 0.25) is 0 Å². The molecule has 0 aromatic carbocycles. The van der Waals surface area contributed by atoms with Crippen LogP contribution in [0.5, 0.6) is 0 Å². The molecule has 0 saturated heterocycles. The van der Waals surface area contributed by atoms with Crippen LogP contribution in [0.25, 0.3) is 0 Å². The van der Waals surface area contributed by atoms with Gasteiger partial charge in [-0.3, -0.25) is 5.32 Å². The zero-order valence-corrected chi connectivity index (χ0v) is 12.7. The summed E-state index contributed by atoms with van der Waals surface area (Å²) in [5.74, 6) is 0.162. The predicted octanol–water partition coefficient (Wildman–Crippen LogP) is 0.635. The summed E-state index contributed by atoms with van der Waals surface area (Å²) in [6.45, 7) is 5.97. The van der Waals surface area contributed by atoms with Crippen molar-refractivity contribution in [3.8, 4) is 6.07 Å². The van der Waals surface area contributed by atoms with Gasteiger partial charge >= 0.3 is 0 Å². The standard InChI is InChI=1S/C12H25N3O2S/c1-5-7-14-12(2,11-13)6-8-15(3)9-10-18(4,16)17/h14H,5-10H2,1-4H3. The molecular formula is C12H25N3O2S. The molecule has 0 radical (unpaired) electrons. The van der Waals surface area contributed by atoms with Gasteiger partial charge in [0.05, 0.1) is 11.8 Å². The van der Waals surface area contributed by atoms with E-state index in [-0.39, 0.29) is 5.75 Å². The van der Waals surface area contributed by atoms with E-state index in [2.05, 4.69) is 18.3 Å². The van der Waals surface area contributed by atoms with E-state index in [1.54, 1.807) is 0 Å². The molecule has 18 heavy (non-hydrogen) atoms. The Morgan fingerprint density at radius 2 is 2.00 bits per heavy atom. The second kappa shape index (κ2) is 7.72. The number of rotatable bonds is 9. The van der Waals surface area contributed by atoms with Crippen molar-refractivity contribution in [1.29, 1.82) is 5.26 Å². The predicted molar refractivity (Wildman–Crippen MR) is 74.1 cm³/mol. The first kappa shape index (κ1) is 17.4. The Kier molecular flexibility index (Phi) is 7.45. The molecule has 0 amide bonds. The maximum Gasteiger partial charge on any atom is 0.148 e. The van der Waals surface area contributed by atoms with Gasteiger partial charge in [-0.2, -0.15) is 5.26 Å². The Morgan fingerprint density at radius 3 is 2.44 bits per heavy atom. The van der Waals surface area contributed by atoms with Gasteiger partial charge in [0.25, 0.3) is 0 Å². The molecule has 0 aromatic rings. The third-order valence-electron chi connectivity index (χ3n) is 2.85. The highest BCUT2D eigenvalue weighted by Gasteiger charge is 2.22. The van der Waals surface area contributed by atoms with E-state index in [9.17, 15) is 8.42 Å². The van der Waals surface area contributed by atoms with Crippen molar-refractivity contribution < 1.29 is 8.42 Å². The Balaban J connectivity index is 4.09. The van der Waals surface area contributed by atoms with E-state index in [0.29, 0.717) is 19.5 Å².